The number of benzene rings is 1. The molecule has 0 aliphatic heterocycles. The third-order valence-corrected chi connectivity index (χ3v) is 3.86. The van der Waals surface area contributed by atoms with Gasteiger partial charge in [0.05, 0.1) is 5.56 Å². The van der Waals surface area contributed by atoms with Gasteiger partial charge in [-0.25, -0.2) is 8.78 Å². The van der Waals surface area contributed by atoms with E-state index in [-0.39, 0.29) is 10.7 Å². The van der Waals surface area contributed by atoms with E-state index in [1.807, 2.05) is 0 Å². The van der Waals surface area contributed by atoms with Gasteiger partial charge < -0.3 is 10.9 Å². The molecule has 21 heavy (non-hydrogen) atoms. The van der Waals surface area contributed by atoms with Crippen LogP contribution in [-0.4, -0.2) is 16.0 Å². The number of rotatable bonds is 3. The van der Waals surface area contributed by atoms with Crippen molar-refractivity contribution >= 4 is 17.6 Å². The molecule has 1 heterocycles. The maximum absolute atomic E-state index is 13.8. The highest BCUT2D eigenvalue weighted by Crippen LogP contribution is 2.33. The number of aromatic nitrogens is 1. The molecule has 0 atom stereocenters. The Bertz CT molecular complexity index is 720. The molecule has 2 aromatic rings. The molecule has 3 N–H and O–H groups in total. The molecule has 0 fully saturated rings. The molecule has 0 saturated heterocycles. The fourth-order valence-corrected chi connectivity index (χ4v) is 3.02. The molecule has 110 valence electrons. The standard InChI is InChI=1S/C14H13F2N3OS/c1-7-5-12(13(8(2)18-7)14(17)19-20)21-11-4-3-9(15)6-10(11)16/h3-6,20H,1-2H3,(H2,17,19). The molecule has 0 aliphatic carbocycles. The van der Waals surface area contributed by atoms with E-state index < -0.39 is 11.6 Å². The van der Waals surface area contributed by atoms with Gasteiger partial charge in [0.25, 0.3) is 0 Å². The molecule has 0 aliphatic rings. The fourth-order valence-electron chi connectivity index (χ4n) is 1.91. The van der Waals surface area contributed by atoms with E-state index in [2.05, 4.69) is 10.1 Å². The molecule has 0 bridgehead atoms. The van der Waals surface area contributed by atoms with Crippen molar-refractivity contribution in [1.82, 2.24) is 4.98 Å². The first-order valence-electron chi connectivity index (χ1n) is 6.01. The molecule has 1 aromatic heterocycles. The summed E-state index contributed by atoms with van der Waals surface area (Å²) in [5, 5.41) is 11.8. The Morgan fingerprint density at radius 1 is 1.24 bits per heavy atom. The second-order valence-corrected chi connectivity index (χ2v) is 5.47. The highest BCUT2D eigenvalue weighted by atomic mass is 32.2. The Balaban J connectivity index is 2.53. The lowest BCUT2D eigenvalue weighted by Crippen LogP contribution is -2.17. The Labute approximate surface area is 124 Å². The highest BCUT2D eigenvalue weighted by Gasteiger charge is 2.16. The Kier molecular flexibility index (Phi) is 4.42. The van der Waals surface area contributed by atoms with Crippen LogP contribution in [-0.2, 0) is 0 Å². The molecule has 7 heteroatoms. The first-order chi connectivity index (χ1) is 9.92. The van der Waals surface area contributed by atoms with Crippen molar-refractivity contribution in [2.45, 2.75) is 23.6 Å². The lowest BCUT2D eigenvalue weighted by atomic mass is 10.1. The number of nitrogens with zero attached hydrogens (tertiary/aromatic N) is 2. The van der Waals surface area contributed by atoms with Gasteiger partial charge in [0.1, 0.15) is 11.6 Å². The van der Waals surface area contributed by atoms with Gasteiger partial charge in [-0.1, -0.05) is 16.9 Å². The van der Waals surface area contributed by atoms with Gasteiger partial charge in [0.15, 0.2) is 5.84 Å². The molecular formula is C14H13F2N3OS. The van der Waals surface area contributed by atoms with Crippen LogP contribution in [0.3, 0.4) is 0 Å². The number of pyridine rings is 1. The Hall–Kier alpha value is -2.15. The van der Waals surface area contributed by atoms with Crippen LogP contribution < -0.4 is 5.73 Å². The molecule has 0 spiro atoms. The quantitative estimate of drug-likeness (QED) is 0.395. The highest BCUT2D eigenvalue weighted by molar-refractivity contribution is 7.99. The van der Waals surface area contributed by atoms with E-state index in [9.17, 15) is 8.78 Å². The van der Waals surface area contributed by atoms with Gasteiger partial charge in [-0.05, 0) is 32.0 Å². The number of halogens is 2. The van der Waals surface area contributed by atoms with E-state index in [1.165, 1.54) is 12.1 Å². The third kappa shape index (κ3) is 3.30. The maximum atomic E-state index is 13.8. The molecule has 2 rings (SSSR count). The van der Waals surface area contributed by atoms with Crippen molar-refractivity contribution in [2.24, 2.45) is 10.9 Å². The van der Waals surface area contributed by atoms with E-state index in [1.54, 1.807) is 19.9 Å². The van der Waals surface area contributed by atoms with E-state index in [4.69, 9.17) is 10.9 Å². The van der Waals surface area contributed by atoms with Gasteiger partial charge >= 0.3 is 0 Å². The van der Waals surface area contributed by atoms with Crippen LogP contribution in [0.2, 0.25) is 0 Å². The normalized spacial score (nSPS) is 11.7. The molecule has 0 saturated carbocycles. The summed E-state index contributed by atoms with van der Waals surface area (Å²) in [5.74, 6) is -1.42. The molecule has 1 aromatic carbocycles. The van der Waals surface area contributed by atoms with Crippen LogP contribution in [0.25, 0.3) is 0 Å². The Morgan fingerprint density at radius 3 is 2.57 bits per heavy atom. The van der Waals surface area contributed by atoms with Crippen LogP contribution in [0, 0.1) is 25.5 Å². The SMILES string of the molecule is Cc1cc(Sc2ccc(F)cc2F)c(/C(N)=N/O)c(C)n1. The van der Waals surface area contributed by atoms with Gasteiger partial charge in [0.2, 0.25) is 0 Å². The second-order valence-electron chi connectivity index (χ2n) is 4.38. The summed E-state index contributed by atoms with van der Waals surface area (Å²) in [4.78, 5) is 5.07. The monoisotopic (exact) mass is 309 g/mol. The largest absolute Gasteiger partial charge is 0.409 e. The molecular weight excluding hydrogens is 296 g/mol. The predicted molar refractivity (Wildman–Crippen MR) is 76.7 cm³/mol. The zero-order valence-corrected chi connectivity index (χ0v) is 12.2. The fraction of sp³-hybridized carbons (Fsp3) is 0.143. The van der Waals surface area contributed by atoms with Gasteiger partial charge in [-0.2, -0.15) is 0 Å². The van der Waals surface area contributed by atoms with Crippen molar-refractivity contribution < 1.29 is 14.0 Å². The third-order valence-electron chi connectivity index (χ3n) is 2.77. The van der Waals surface area contributed by atoms with Crippen molar-refractivity contribution in [3.63, 3.8) is 0 Å². The summed E-state index contributed by atoms with van der Waals surface area (Å²) in [6, 6.07) is 5.03. The van der Waals surface area contributed by atoms with Crippen molar-refractivity contribution in [2.75, 3.05) is 0 Å². The lowest BCUT2D eigenvalue weighted by molar-refractivity contribution is 0.318. The summed E-state index contributed by atoms with van der Waals surface area (Å²) in [7, 11) is 0. The smallest absolute Gasteiger partial charge is 0.173 e. The summed E-state index contributed by atoms with van der Waals surface area (Å²) in [5.41, 5.74) is 7.36. The summed E-state index contributed by atoms with van der Waals surface area (Å²) in [6.07, 6.45) is 0. The van der Waals surface area contributed by atoms with Crippen LogP contribution in [0.5, 0.6) is 0 Å². The molecule has 0 radical (unpaired) electrons. The number of amidine groups is 1. The lowest BCUT2D eigenvalue weighted by Gasteiger charge is -2.12. The van der Waals surface area contributed by atoms with E-state index in [0.717, 1.165) is 17.8 Å². The molecule has 0 unspecified atom stereocenters. The van der Waals surface area contributed by atoms with Crippen LogP contribution in [0.4, 0.5) is 8.78 Å². The van der Waals surface area contributed by atoms with Gasteiger partial charge in [-0.3, -0.25) is 4.98 Å². The minimum atomic E-state index is -0.669. The predicted octanol–water partition coefficient (Wildman–Crippen LogP) is 3.22. The average molecular weight is 309 g/mol. The average Bonchev–Trinajstić information content (AvgIpc) is 2.40. The Morgan fingerprint density at radius 2 is 1.95 bits per heavy atom. The number of oxime groups is 1. The number of nitrogens with two attached hydrogens (primary N) is 1. The minimum Gasteiger partial charge on any atom is -0.409 e. The second kappa shape index (κ2) is 6.09. The van der Waals surface area contributed by atoms with Crippen molar-refractivity contribution in [1.29, 1.82) is 0 Å². The van der Waals surface area contributed by atoms with Crippen LogP contribution in [0.15, 0.2) is 39.2 Å². The molecule has 4 nitrogen and oxygen atoms in total. The number of hydrogen-bond acceptors (Lipinski definition) is 4. The first-order valence-corrected chi connectivity index (χ1v) is 6.83. The zero-order valence-electron chi connectivity index (χ0n) is 11.4. The van der Waals surface area contributed by atoms with Crippen LogP contribution >= 0.6 is 11.8 Å². The summed E-state index contributed by atoms with van der Waals surface area (Å²) in [6.45, 7) is 3.50. The summed E-state index contributed by atoms with van der Waals surface area (Å²) >= 11 is 1.07. The topological polar surface area (TPSA) is 71.5 Å². The van der Waals surface area contributed by atoms with Crippen LogP contribution in [0.1, 0.15) is 17.0 Å². The van der Waals surface area contributed by atoms with Crippen molar-refractivity contribution in [3.8, 4) is 0 Å². The van der Waals surface area contributed by atoms with E-state index in [0.29, 0.717) is 21.8 Å². The summed E-state index contributed by atoms with van der Waals surface area (Å²) < 4.78 is 26.7. The maximum Gasteiger partial charge on any atom is 0.173 e. The number of aryl methyl sites for hydroxylation is 2. The van der Waals surface area contributed by atoms with E-state index >= 15 is 0 Å². The minimum absolute atomic E-state index is 0.106. The molecule has 0 amide bonds. The zero-order chi connectivity index (χ0) is 15.6. The first kappa shape index (κ1) is 15.2. The number of hydrogen-bond donors (Lipinski definition) is 2. The van der Waals surface area contributed by atoms with Gasteiger partial charge in [0, 0.05) is 27.2 Å². The van der Waals surface area contributed by atoms with Crippen molar-refractivity contribution in [3.05, 3.63) is 52.9 Å². The van der Waals surface area contributed by atoms with Gasteiger partial charge in [-0.15, -0.1) is 0 Å².